The molecule has 0 spiro atoms. The van der Waals surface area contributed by atoms with Crippen molar-refractivity contribution in [3.05, 3.63) is 41.2 Å². The van der Waals surface area contributed by atoms with Gasteiger partial charge in [-0.1, -0.05) is 17.7 Å². The minimum Gasteiger partial charge on any atom is -0.321 e. The van der Waals surface area contributed by atoms with Crippen LogP contribution in [0, 0.1) is 6.92 Å². The molecule has 12 heavy (non-hydrogen) atoms. The number of nitrogens with two attached hydrogens (primary N) is 1. The van der Waals surface area contributed by atoms with Crippen molar-refractivity contribution in [2.75, 3.05) is 0 Å². The van der Waals surface area contributed by atoms with E-state index in [-0.39, 0.29) is 6.04 Å². The zero-order valence-electron chi connectivity index (χ0n) is 6.92. The molecule has 0 aliphatic carbocycles. The maximum Gasteiger partial charge on any atom is 0.134 e. The van der Waals surface area contributed by atoms with Crippen LogP contribution in [0.15, 0.2) is 24.9 Å². The molecular weight excluding hydrogens is 172 g/mol. The van der Waals surface area contributed by atoms with Gasteiger partial charge in [0, 0.05) is 11.8 Å². The molecule has 1 aromatic rings. The van der Waals surface area contributed by atoms with Gasteiger partial charge in [0.05, 0.1) is 6.04 Å². The van der Waals surface area contributed by atoms with Gasteiger partial charge in [-0.3, -0.25) is 0 Å². The summed E-state index contributed by atoms with van der Waals surface area (Å²) in [6, 6.07) is 1.69. The molecule has 1 atom stereocenters. The molecule has 0 saturated heterocycles. The van der Waals surface area contributed by atoms with Gasteiger partial charge in [-0.15, -0.1) is 6.58 Å². The highest BCUT2D eigenvalue weighted by atomic mass is 35.5. The highest BCUT2D eigenvalue weighted by molar-refractivity contribution is 6.30. The molecule has 64 valence electrons. The molecule has 1 rings (SSSR count). The summed E-state index contributed by atoms with van der Waals surface area (Å²) in [5, 5.41) is 0.452. The lowest BCUT2D eigenvalue weighted by Crippen LogP contribution is -2.08. The summed E-state index contributed by atoms with van der Waals surface area (Å²) in [6.45, 7) is 5.54. The molecule has 0 aliphatic heterocycles. The first-order valence-corrected chi connectivity index (χ1v) is 4.03. The second kappa shape index (κ2) is 3.70. The maximum absolute atomic E-state index is 5.83. The van der Waals surface area contributed by atoms with Crippen molar-refractivity contribution in [1.82, 2.24) is 4.98 Å². The fourth-order valence-electron chi connectivity index (χ4n) is 0.936. The van der Waals surface area contributed by atoms with Crippen LogP contribution < -0.4 is 5.73 Å². The second-order valence-electron chi connectivity index (χ2n) is 2.65. The fourth-order valence-corrected chi connectivity index (χ4v) is 1.17. The van der Waals surface area contributed by atoms with Crippen LogP contribution >= 0.6 is 11.6 Å². The van der Waals surface area contributed by atoms with Gasteiger partial charge < -0.3 is 5.73 Å². The van der Waals surface area contributed by atoms with Crippen molar-refractivity contribution in [3.8, 4) is 0 Å². The third-order valence-electron chi connectivity index (χ3n) is 1.62. The maximum atomic E-state index is 5.83. The smallest absolute Gasteiger partial charge is 0.134 e. The third-order valence-corrected chi connectivity index (χ3v) is 1.93. The minimum absolute atomic E-state index is 0.232. The Morgan fingerprint density at radius 2 is 2.42 bits per heavy atom. The Hall–Kier alpha value is -0.860. The van der Waals surface area contributed by atoms with E-state index in [1.165, 1.54) is 0 Å². The topological polar surface area (TPSA) is 38.9 Å². The van der Waals surface area contributed by atoms with E-state index in [1.54, 1.807) is 12.3 Å². The first-order valence-electron chi connectivity index (χ1n) is 3.65. The number of aryl methyl sites for hydroxylation is 1. The number of nitrogens with zero attached hydrogens (tertiary/aromatic N) is 1. The standard InChI is InChI=1S/C9H11ClN2/c1-3-8(11)7-4-6(2)5-12-9(7)10/h3-5,8H,1,11H2,2H3/t8-/m1/s1. The van der Waals surface area contributed by atoms with Crippen LogP contribution in [0.2, 0.25) is 5.15 Å². The summed E-state index contributed by atoms with van der Waals surface area (Å²) in [4.78, 5) is 3.99. The highest BCUT2D eigenvalue weighted by Gasteiger charge is 2.07. The van der Waals surface area contributed by atoms with E-state index in [9.17, 15) is 0 Å². The average molecular weight is 183 g/mol. The second-order valence-corrected chi connectivity index (χ2v) is 3.01. The van der Waals surface area contributed by atoms with Crippen molar-refractivity contribution >= 4 is 11.6 Å². The Morgan fingerprint density at radius 3 is 3.00 bits per heavy atom. The molecule has 0 unspecified atom stereocenters. The summed E-state index contributed by atoms with van der Waals surface area (Å²) in [5.41, 5.74) is 7.59. The Morgan fingerprint density at radius 1 is 1.75 bits per heavy atom. The Kier molecular flexibility index (Phi) is 2.84. The monoisotopic (exact) mass is 182 g/mol. The molecule has 0 amide bonds. The first-order chi connectivity index (χ1) is 5.65. The molecule has 2 N–H and O–H groups in total. The molecule has 1 aromatic heterocycles. The zero-order chi connectivity index (χ0) is 9.14. The molecule has 0 saturated carbocycles. The molecule has 0 fully saturated rings. The third kappa shape index (κ3) is 1.84. The van der Waals surface area contributed by atoms with Crippen LogP contribution in [-0.4, -0.2) is 4.98 Å². The van der Waals surface area contributed by atoms with Gasteiger partial charge >= 0.3 is 0 Å². The van der Waals surface area contributed by atoms with Crippen molar-refractivity contribution in [2.24, 2.45) is 5.73 Å². The molecule has 3 heteroatoms. The van der Waals surface area contributed by atoms with Gasteiger partial charge in [-0.25, -0.2) is 4.98 Å². The minimum atomic E-state index is -0.232. The summed E-state index contributed by atoms with van der Waals surface area (Å²) in [7, 11) is 0. The van der Waals surface area contributed by atoms with E-state index in [0.29, 0.717) is 5.15 Å². The molecule has 0 bridgehead atoms. The summed E-state index contributed by atoms with van der Waals surface area (Å²) >= 11 is 5.83. The Balaban J connectivity index is 3.12. The molecule has 2 nitrogen and oxygen atoms in total. The van der Waals surface area contributed by atoms with E-state index in [1.807, 2.05) is 13.0 Å². The van der Waals surface area contributed by atoms with Gasteiger partial charge in [-0.05, 0) is 18.6 Å². The molecular formula is C9H11ClN2. The predicted octanol–water partition coefficient (Wildman–Crippen LogP) is 2.23. The van der Waals surface area contributed by atoms with Crippen molar-refractivity contribution < 1.29 is 0 Å². The van der Waals surface area contributed by atoms with E-state index in [2.05, 4.69) is 11.6 Å². The van der Waals surface area contributed by atoms with Crippen LogP contribution in [0.5, 0.6) is 0 Å². The Bertz CT molecular complexity index is 297. The van der Waals surface area contributed by atoms with Crippen LogP contribution in [0.4, 0.5) is 0 Å². The van der Waals surface area contributed by atoms with Gasteiger partial charge in [0.15, 0.2) is 0 Å². The molecule has 0 aliphatic rings. The SMILES string of the molecule is C=C[C@@H](N)c1cc(C)cnc1Cl. The quantitative estimate of drug-likeness (QED) is 0.563. The normalized spacial score (nSPS) is 12.6. The van der Waals surface area contributed by atoms with Crippen LogP contribution in [0.1, 0.15) is 17.2 Å². The van der Waals surface area contributed by atoms with Crippen LogP contribution in [0.25, 0.3) is 0 Å². The first kappa shape index (κ1) is 9.23. The van der Waals surface area contributed by atoms with Gasteiger partial charge in [0.2, 0.25) is 0 Å². The summed E-state index contributed by atoms with van der Waals surface area (Å²) < 4.78 is 0. The van der Waals surface area contributed by atoms with E-state index in [4.69, 9.17) is 17.3 Å². The van der Waals surface area contributed by atoms with Crippen LogP contribution in [0.3, 0.4) is 0 Å². The molecule has 0 radical (unpaired) electrons. The lowest BCUT2D eigenvalue weighted by atomic mass is 10.1. The van der Waals surface area contributed by atoms with Crippen LogP contribution in [-0.2, 0) is 0 Å². The van der Waals surface area contributed by atoms with E-state index >= 15 is 0 Å². The van der Waals surface area contributed by atoms with E-state index in [0.717, 1.165) is 11.1 Å². The Labute approximate surface area is 77.1 Å². The van der Waals surface area contributed by atoms with Gasteiger partial charge in [0.1, 0.15) is 5.15 Å². The number of halogens is 1. The zero-order valence-corrected chi connectivity index (χ0v) is 7.67. The average Bonchev–Trinajstić information content (AvgIpc) is 2.08. The lowest BCUT2D eigenvalue weighted by Gasteiger charge is -2.08. The van der Waals surface area contributed by atoms with E-state index < -0.39 is 0 Å². The van der Waals surface area contributed by atoms with Crippen molar-refractivity contribution in [2.45, 2.75) is 13.0 Å². The lowest BCUT2D eigenvalue weighted by molar-refractivity contribution is 0.901. The molecule has 0 aromatic carbocycles. The largest absolute Gasteiger partial charge is 0.321 e. The van der Waals surface area contributed by atoms with Crippen molar-refractivity contribution in [3.63, 3.8) is 0 Å². The summed E-state index contributed by atoms with van der Waals surface area (Å²) in [5.74, 6) is 0. The van der Waals surface area contributed by atoms with Crippen molar-refractivity contribution in [1.29, 1.82) is 0 Å². The number of hydrogen-bond donors (Lipinski definition) is 1. The van der Waals surface area contributed by atoms with Gasteiger partial charge in [0.25, 0.3) is 0 Å². The predicted molar refractivity (Wildman–Crippen MR) is 51.1 cm³/mol. The number of pyridine rings is 1. The summed E-state index contributed by atoms with van der Waals surface area (Å²) in [6.07, 6.45) is 3.35. The fraction of sp³-hybridized carbons (Fsp3) is 0.222. The highest BCUT2D eigenvalue weighted by Crippen LogP contribution is 2.20. The van der Waals surface area contributed by atoms with Gasteiger partial charge in [-0.2, -0.15) is 0 Å². The number of hydrogen-bond acceptors (Lipinski definition) is 2. The number of rotatable bonds is 2. The number of aromatic nitrogens is 1. The molecule has 1 heterocycles.